The van der Waals surface area contributed by atoms with E-state index >= 15 is 0 Å². The molecule has 0 aliphatic carbocycles. The van der Waals surface area contributed by atoms with Crippen LogP contribution in [0.3, 0.4) is 0 Å². The lowest BCUT2D eigenvalue weighted by molar-refractivity contribution is -0.115. The second-order valence-electron chi connectivity index (χ2n) is 4.38. The van der Waals surface area contributed by atoms with Crippen molar-refractivity contribution in [3.05, 3.63) is 41.6 Å². The normalized spacial score (nSPS) is 15.8. The van der Waals surface area contributed by atoms with Gasteiger partial charge in [0.2, 0.25) is 5.91 Å². The lowest BCUT2D eigenvalue weighted by atomic mass is 10.1. The molecule has 0 unspecified atom stereocenters. The van der Waals surface area contributed by atoms with E-state index in [1.165, 1.54) is 6.20 Å². The number of nitrogens with zero attached hydrogens (tertiary/aromatic N) is 1. The zero-order valence-corrected chi connectivity index (χ0v) is 11.4. The molecule has 5 nitrogen and oxygen atoms in total. The van der Waals surface area contributed by atoms with E-state index < -0.39 is 0 Å². The van der Waals surface area contributed by atoms with Gasteiger partial charge in [0.1, 0.15) is 0 Å². The highest BCUT2D eigenvalue weighted by Gasteiger charge is 2.13. The van der Waals surface area contributed by atoms with Crippen LogP contribution >= 0.6 is 0 Å². The van der Waals surface area contributed by atoms with Gasteiger partial charge in [0.15, 0.2) is 0 Å². The molecule has 1 heterocycles. The van der Waals surface area contributed by atoms with Crippen LogP contribution in [0, 0.1) is 0 Å². The van der Waals surface area contributed by atoms with Crippen LogP contribution in [0.2, 0.25) is 0 Å². The number of benzene rings is 1. The second-order valence-corrected chi connectivity index (χ2v) is 4.38. The summed E-state index contributed by atoms with van der Waals surface area (Å²) in [6, 6.07) is 5.78. The fourth-order valence-electron chi connectivity index (χ4n) is 2.00. The predicted octanol–water partition coefficient (Wildman–Crippen LogP) is 2.00. The number of hydrogen-bond acceptors (Lipinski definition) is 4. The van der Waals surface area contributed by atoms with Gasteiger partial charge in [0.05, 0.1) is 11.4 Å². The van der Waals surface area contributed by atoms with E-state index in [1.54, 1.807) is 13.3 Å². The third-order valence-electron chi connectivity index (χ3n) is 2.95. The lowest BCUT2D eigenvalue weighted by Crippen LogP contribution is -2.10. The molecule has 5 heteroatoms. The van der Waals surface area contributed by atoms with Crippen molar-refractivity contribution < 1.29 is 4.79 Å². The Bertz CT molecular complexity index is 588. The number of hydrogen-bond donors (Lipinski definition) is 3. The van der Waals surface area contributed by atoms with E-state index in [-0.39, 0.29) is 5.91 Å². The maximum Gasteiger partial charge on any atom is 0.226 e. The molecule has 0 fully saturated rings. The standard InChI is InChI=1S/C15H18N4O/c1-17-10-11(9-16)5-6-12-3-2-4-13-15(12)18-8-7-14(20)19-13/h2-6,9-10,18H,7-8,16H2,1H3,(H,19,20)/b6-5+,11-9?,17-10?. The van der Waals surface area contributed by atoms with Gasteiger partial charge in [-0.3, -0.25) is 9.79 Å². The van der Waals surface area contributed by atoms with Crippen molar-refractivity contribution in [1.82, 2.24) is 0 Å². The van der Waals surface area contributed by atoms with Crippen molar-refractivity contribution in [2.45, 2.75) is 6.42 Å². The average molecular weight is 270 g/mol. The first-order valence-electron chi connectivity index (χ1n) is 6.43. The number of aliphatic imine (C=N–C) groups is 1. The molecule has 1 aliphatic heterocycles. The molecule has 0 radical (unpaired) electrons. The minimum absolute atomic E-state index is 0.0260. The van der Waals surface area contributed by atoms with Crippen LogP contribution in [0.5, 0.6) is 0 Å². The maximum absolute atomic E-state index is 11.5. The Labute approximate surface area is 118 Å². The Morgan fingerprint density at radius 1 is 1.45 bits per heavy atom. The molecule has 20 heavy (non-hydrogen) atoms. The van der Waals surface area contributed by atoms with Crippen molar-refractivity contribution in [2.75, 3.05) is 24.2 Å². The predicted molar refractivity (Wildman–Crippen MR) is 83.9 cm³/mol. The van der Waals surface area contributed by atoms with Crippen LogP contribution in [-0.2, 0) is 4.79 Å². The first-order valence-corrected chi connectivity index (χ1v) is 6.43. The topological polar surface area (TPSA) is 79.5 Å². The van der Waals surface area contributed by atoms with Gasteiger partial charge in [0, 0.05) is 38.0 Å². The molecule has 1 aromatic rings. The molecule has 0 bridgehead atoms. The number of carbonyl (C=O) groups excluding carboxylic acids is 1. The van der Waals surface area contributed by atoms with Gasteiger partial charge >= 0.3 is 0 Å². The number of amides is 1. The molecule has 2 rings (SSSR count). The highest BCUT2D eigenvalue weighted by Crippen LogP contribution is 2.29. The number of fused-ring (bicyclic) bond motifs is 1. The Hall–Kier alpha value is -2.56. The molecular formula is C15H18N4O. The third kappa shape index (κ3) is 3.26. The SMILES string of the molecule is CN=CC(=CN)/C=C/c1cccc2c1NCCC(=O)N2. The van der Waals surface area contributed by atoms with Gasteiger partial charge in [-0.25, -0.2) is 0 Å². The summed E-state index contributed by atoms with van der Waals surface area (Å²) in [6.45, 7) is 0.625. The summed E-state index contributed by atoms with van der Waals surface area (Å²) in [5.41, 5.74) is 9.08. The number of anilines is 2. The maximum atomic E-state index is 11.5. The minimum atomic E-state index is 0.0260. The largest absolute Gasteiger partial charge is 0.404 e. The molecule has 4 N–H and O–H groups in total. The average Bonchev–Trinajstić information content (AvgIpc) is 2.64. The number of rotatable bonds is 3. The zero-order valence-electron chi connectivity index (χ0n) is 11.4. The smallest absolute Gasteiger partial charge is 0.226 e. The van der Waals surface area contributed by atoms with Gasteiger partial charge in [-0.15, -0.1) is 0 Å². The van der Waals surface area contributed by atoms with Crippen LogP contribution in [0.25, 0.3) is 6.08 Å². The zero-order chi connectivity index (χ0) is 14.4. The fraction of sp³-hybridized carbons (Fsp3) is 0.200. The van der Waals surface area contributed by atoms with E-state index in [9.17, 15) is 4.79 Å². The van der Waals surface area contributed by atoms with Crippen molar-refractivity contribution >= 4 is 29.6 Å². The Balaban J connectivity index is 2.32. The summed E-state index contributed by atoms with van der Waals surface area (Å²) < 4.78 is 0. The van der Waals surface area contributed by atoms with E-state index in [0.29, 0.717) is 13.0 Å². The van der Waals surface area contributed by atoms with Gasteiger partial charge in [-0.2, -0.15) is 0 Å². The van der Waals surface area contributed by atoms with E-state index in [4.69, 9.17) is 5.73 Å². The van der Waals surface area contributed by atoms with E-state index in [1.807, 2.05) is 30.4 Å². The molecule has 104 valence electrons. The molecule has 0 spiro atoms. The van der Waals surface area contributed by atoms with Crippen LogP contribution < -0.4 is 16.4 Å². The van der Waals surface area contributed by atoms with E-state index in [0.717, 1.165) is 22.5 Å². The Kier molecular flexibility index (Phi) is 4.55. The molecule has 0 saturated carbocycles. The first-order chi connectivity index (χ1) is 9.74. The molecule has 1 aliphatic rings. The molecule has 0 saturated heterocycles. The summed E-state index contributed by atoms with van der Waals surface area (Å²) in [5.74, 6) is 0.0260. The minimum Gasteiger partial charge on any atom is -0.404 e. The number of allylic oxidation sites excluding steroid dienone is 2. The number of para-hydroxylation sites is 1. The van der Waals surface area contributed by atoms with Crippen molar-refractivity contribution in [3.63, 3.8) is 0 Å². The van der Waals surface area contributed by atoms with Crippen LogP contribution in [0.4, 0.5) is 11.4 Å². The Morgan fingerprint density at radius 3 is 3.05 bits per heavy atom. The number of carbonyl (C=O) groups is 1. The lowest BCUT2D eigenvalue weighted by Gasteiger charge is -2.10. The summed E-state index contributed by atoms with van der Waals surface area (Å²) >= 11 is 0. The van der Waals surface area contributed by atoms with Gasteiger partial charge in [-0.1, -0.05) is 24.3 Å². The van der Waals surface area contributed by atoms with Gasteiger partial charge < -0.3 is 16.4 Å². The summed E-state index contributed by atoms with van der Waals surface area (Å²) in [5, 5.41) is 6.17. The van der Waals surface area contributed by atoms with E-state index in [2.05, 4.69) is 15.6 Å². The second kappa shape index (κ2) is 6.56. The van der Waals surface area contributed by atoms with Crippen LogP contribution in [0.15, 0.2) is 41.0 Å². The summed E-state index contributed by atoms with van der Waals surface area (Å²) in [6.07, 6.45) is 7.49. The quantitative estimate of drug-likeness (QED) is 0.580. The van der Waals surface area contributed by atoms with Crippen LogP contribution in [-0.4, -0.2) is 25.7 Å². The molecule has 1 amide bonds. The first kappa shape index (κ1) is 13.9. The van der Waals surface area contributed by atoms with Crippen molar-refractivity contribution in [3.8, 4) is 0 Å². The molecular weight excluding hydrogens is 252 g/mol. The summed E-state index contributed by atoms with van der Waals surface area (Å²) in [4.78, 5) is 15.5. The van der Waals surface area contributed by atoms with Gasteiger partial charge in [0.25, 0.3) is 0 Å². The molecule has 0 atom stereocenters. The van der Waals surface area contributed by atoms with Crippen molar-refractivity contribution in [1.29, 1.82) is 0 Å². The van der Waals surface area contributed by atoms with Crippen molar-refractivity contribution in [2.24, 2.45) is 10.7 Å². The number of nitrogens with two attached hydrogens (primary N) is 1. The van der Waals surface area contributed by atoms with Crippen LogP contribution in [0.1, 0.15) is 12.0 Å². The Morgan fingerprint density at radius 2 is 2.30 bits per heavy atom. The molecule has 0 aromatic heterocycles. The summed E-state index contributed by atoms with van der Waals surface area (Å²) in [7, 11) is 1.70. The van der Waals surface area contributed by atoms with Gasteiger partial charge in [-0.05, 0) is 11.6 Å². The highest BCUT2D eigenvalue weighted by molar-refractivity contribution is 5.98. The third-order valence-corrected chi connectivity index (χ3v) is 2.95. The molecule has 1 aromatic carbocycles. The highest BCUT2D eigenvalue weighted by atomic mass is 16.1. The monoisotopic (exact) mass is 270 g/mol. The fourth-order valence-corrected chi connectivity index (χ4v) is 2.00. The number of nitrogens with one attached hydrogen (secondary N) is 2.